The van der Waals surface area contributed by atoms with Crippen LogP contribution in [0.4, 0.5) is 0 Å². The fourth-order valence-corrected chi connectivity index (χ4v) is 4.00. The molecule has 0 amide bonds. The zero-order chi connectivity index (χ0) is 15.5. The van der Waals surface area contributed by atoms with E-state index in [9.17, 15) is 0 Å². The van der Waals surface area contributed by atoms with E-state index in [0.717, 1.165) is 24.8 Å². The van der Waals surface area contributed by atoms with Crippen LogP contribution in [0.5, 0.6) is 0 Å². The van der Waals surface area contributed by atoms with Gasteiger partial charge >= 0.3 is 0 Å². The van der Waals surface area contributed by atoms with Crippen LogP contribution >= 0.6 is 23.2 Å². The first-order chi connectivity index (χ1) is 10.0. The van der Waals surface area contributed by atoms with Crippen molar-refractivity contribution in [3.8, 4) is 0 Å². The second-order valence-corrected chi connectivity index (χ2v) is 6.98. The lowest BCUT2D eigenvalue weighted by Gasteiger charge is -2.48. The predicted octanol–water partition coefficient (Wildman–Crippen LogP) is 3.63. The Hall–Kier alpha value is -0.320. The molecule has 0 bridgehead atoms. The lowest BCUT2D eigenvalue weighted by atomic mass is 9.73. The highest BCUT2D eigenvalue weighted by Crippen LogP contribution is 2.37. The van der Waals surface area contributed by atoms with Crippen molar-refractivity contribution < 1.29 is 0 Å². The van der Waals surface area contributed by atoms with Crippen molar-refractivity contribution >= 4 is 23.2 Å². The maximum atomic E-state index is 6.34. The SMILES string of the molecule is CN(C)C1(C(Cc2cccc(Cl)c2Cl)NN)CCCCC1. The summed E-state index contributed by atoms with van der Waals surface area (Å²) < 4.78 is 0. The van der Waals surface area contributed by atoms with E-state index in [1.165, 1.54) is 19.3 Å². The number of hydrogen-bond donors (Lipinski definition) is 2. The van der Waals surface area contributed by atoms with Gasteiger partial charge in [-0.3, -0.25) is 11.3 Å². The van der Waals surface area contributed by atoms with Gasteiger partial charge in [-0.15, -0.1) is 0 Å². The van der Waals surface area contributed by atoms with Crippen LogP contribution < -0.4 is 11.3 Å². The van der Waals surface area contributed by atoms with Crippen molar-refractivity contribution in [3.05, 3.63) is 33.8 Å². The van der Waals surface area contributed by atoms with Gasteiger partial charge in [-0.1, -0.05) is 54.6 Å². The average Bonchev–Trinajstić information content (AvgIpc) is 2.49. The van der Waals surface area contributed by atoms with Gasteiger partial charge in [-0.2, -0.15) is 0 Å². The van der Waals surface area contributed by atoms with Gasteiger partial charge in [0.15, 0.2) is 0 Å². The molecule has 1 atom stereocenters. The molecule has 118 valence electrons. The van der Waals surface area contributed by atoms with E-state index < -0.39 is 0 Å². The number of halogens is 2. The summed E-state index contributed by atoms with van der Waals surface area (Å²) in [6.45, 7) is 0. The van der Waals surface area contributed by atoms with E-state index in [-0.39, 0.29) is 11.6 Å². The van der Waals surface area contributed by atoms with E-state index in [1.54, 1.807) is 0 Å². The first-order valence-electron chi connectivity index (χ1n) is 7.57. The van der Waals surface area contributed by atoms with Gasteiger partial charge in [0.1, 0.15) is 0 Å². The summed E-state index contributed by atoms with van der Waals surface area (Å²) in [6.07, 6.45) is 6.91. The van der Waals surface area contributed by atoms with Gasteiger partial charge in [-0.05, 0) is 45.0 Å². The first kappa shape index (κ1) is 17.0. The monoisotopic (exact) mass is 329 g/mol. The van der Waals surface area contributed by atoms with Crippen LogP contribution in [0, 0.1) is 0 Å². The summed E-state index contributed by atoms with van der Waals surface area (Å²) in [6, 6.07) is 5.95. The summed E-state index contributed by atoms with van der Waals surface area (Å²) >= 11 is 12.5. The normalized spacial score (nSPS) is 19.7. The van der Waals surface area contributed by atoms with Crippen LogP contribution in [0.15, 0.2) is 18.2 Å². The van der Waals surface area contributed by atoms with Crippen molar-refractivity contribution in [1.29, 1.82) is 0 Å². The number of rotatable bonds is 5. The zero-order valence-corrected chi connectivity index (χ0v) is 14.3. The topological polar surface area (TPSA) is 41.3 Å². The van der Waals surface area contributed by atoms with Gasteiger partial charge in [0.05, 0.1) is 10.0 Å². The highest BCUT2D eigenvalue weighted by Gasteiger charge is 2.41. The average molecular weight is 330 g/mol. The molecule has 3 N–H and O–H groups in total. The smallest absolute Gasteiger partial charge is 0.0624 e. The lowest BCUT2D eigenvalue weighted by Crippen LogP contribution is -2.62. The largest absolute Gasteiger partial charge is 0.302 e. The summed E-state index contributed by atoms with van der Waals surface area (Å²) in [4.78, 5) is 2.33. The van der Waals surface area contributed by atoms with Crippen molar-refractivity contribution in [2.24, 2.45) is 5.84 Å². The van der Waals surface area contributed by atoms with Crippen molar-refractivity contribution in [1.82, 2.24) is 10.3 Å². The second kappa shape index (κ2) is 7.30. The van der Waals surface area contributed by atoms with E-state index in [4.69, 9.17) is 29.0 Å². The molecule has 2 rings (SSSR count). The molecule has 5 heteroatoms. The Kier molecular flexibility index (Phi) is 5.92. The lowest BCUT2D eigenvalue weighted by molar-refractivity contribution is 0.0569. The summed E-state index contributed by atoms with van der Waals surface area (Å²) in [5, 5.41) is 1.25. The number of likely N-dealkylation sites (N-methyl/N-ethyl adjacent to an activating group) is 1. The number of nitrogens with one attached hydrogen (secondary N) is 1. The molecule has 1 fully saturated rings. The molecule has 1 unspecified atom stereocenters. The summed E-state index contributed by atoms with van der Waals surface area (Å²) in [5.41, 5.74) is 4.18. The fourth-order valence-electron chi connectivity index (χ4n) is 3.60. The number of hydrogen-bond acceptors (Lipinski definition) is 3. The minimum atomic E-state index is 0.0820. The molecule has 1 aromatic rings. The zero-order valence-electron chi connectivity index (χ0n) is 12.8. The molecule has 0 aliphatic heterocycles. The van der Waals surface area contributed by atoms with E-state index in [0.29, 0.717) is 10.0 Å². The van der Waals surface area contributed by atoms with Crippen LogP contribution in [0.3, 0.4) is 0 Å². The fraction of sp³-hybridized carbons (Fsp3) is 0.625. The molecule has 1 aromatic carbocycles. The van der Waals surface area contributed by atoms with Gasteiger partial charge in [-0.25, -0.2) is 0 Å². The van der Waals surface area contributed by atoms with Gasteiger partial charge < -0.3 is 4.90 Å². The highest BCUT2D eigenvalue weighted by atomic mass is 35.5. The van der Waals surface area contributed by atoms with Crippen molar-refractivity contribution in [3.63, 3.8) is 0 Å². The molecular weight excluding hydrogens is 305 g/mol. The quantitative estimate of drug-likeness (QED) is 0.640. The molecule has 1 aliphatic carbocycles. The van der Waals surface area contributed by atoms with Crippen LogP contribution in [0.2, 0.25) is 10.0 Å². The maximum Gasteiger partial charge on any atom is 0.0624 e. The second-order valence-electron chi connectivity index (χ2n) is 6.19. The molecule has 1 aliphatic rings. The Labute approximate surface area is 137 Å². The summed E-state index contributed by atoms with van der Waals surface area (Å²) in [5.74, 6) is 5.91. The third-order valence-corrected chi connectivity index (χ3v) is 5.77. The molecule has 1 saturated carbocycles. The predicted molar refractivity (Wildman–Crippen MR) is 90.8 cm³/mol. The number of hydrazine groups is 1. The Bertz CT molecular complexity index is 471. The number of nitrogens with zero attached hydrogens (tertiary/aromatic N) is 1. The van der Waals surface area contributed by atoms with Crippen LogP contribution in [-0.2, 0) is 6.42 Å². The van der Waals surface area contributed by atoms with Crippen molar-refractivity contribution in [2.45, 2.75) is 50.1 Å². The molecule has 0 heterocycles. The Morgan fingerprint density at radius 1 is 1.24 bits per heavy atom. The highest BCUT2D eigenvalue weighted by molar-refractivity contribution is 6.42. The minimum Gasteiger partial charge on any atom is -0.302 e. The van der Waals surface area contributed by atoms with Crippen molar-refractivity contribution in [2.75, 3.05) is 14.1 Å². The van der Waals surface area contributed by atoms with Crippen LogP contribution in [0.25, 0.3) is 0 Å². The Balaban J connectivity index is 2.27. The molecule has 3 nitrogen and oxygen atoms in total. The Morgan fingerprint density at radius 2 is 1.90 bits per heavy atom. The first-order valence-corrected chi connectivity index (χ1v) is 8.33. The van der Waals surface area contributed by atoms with Gasteiger partial charge in [0, 0.05) is 11.6 Å². The third-order valence-electron chi connectivity index (χ3n) is 4.92. The maximum absolute atomic E-state index is 6.34. The van der Waals surface area contributed by atoms with E-state index in [1.807, 2.05) is 18.2 Å². The van der Waals surface area contributed by atoms with E-state index in [2.05, 4.69) is 24.4 Å². The third kappa shape index (κ3) is 3.54. The molecule has 0 saturated heterocycles. The van der Waals surface area contributed by atoms with Crippen LogP contribution in [0.1, 0.15) is 37.7 Å². The molecule has 0 aromatic heterocycles. The molecule has 0 spiro atoms. The standard InChI is InChI=1S/C16H25Cl2N3/c1-21(2)16(9-4-3-5-10-16)14(20-19)11-12-7-6-8-13(17)15(12)18/h6-8,14,20H,3-5,9-11,19H2,1-2H3. The minimum absolute atomic E-state index is 0.0820. The molecular formula is C16H25Cl2N3. The van der Waals surface area contributed by atoms with Gasteiger partial charge in [0.25, 0.3) is 0 Å². The number of nitrogens with two attached hydrogens (primary N) is 1. The molecule has 0 radical (unpaired) electrons. The number of benzene rings is 1. The van der Waals surface area contributed by atoms with Crippen LogP contribution in [-0.4, -0.2) is 30.6 Å². The molecule has 21 heavy (non-hydrogen) atoms. The summed E-state index contributed by atoms with van der Waals surface area (Å²) in [7, 11) is 4.30. The van der Waals surface area contributed by atoms with Gasteiger partial charge in [0.2, 0.25) is 0 Å². The Morgan fingerprint density at radius 3 is 2.48 bits per heavy atom. The van der Waals surface area contributed by atoms with E-state index >= 15 is 0 Å².